The molecule has 0 aliphatic heterocycles. The van der Waals surface area contributed by atoms with Gasteiger partial charge in [0.05, 0.1) is 11.7 Å². The van der Waals surface area contributed by atoms with Gasteiger partial charge in [0.1, 0.15) is 5.76 Å². The Hall–Kier alpha value is -1.07. The summed E-state index contributed by atoms with van der Waals surface area (Å²) in [7, 11) is 0. The van der Waals surface area contributed by atoms with Crippen LogP contribution in [0.4, 0.5) is 0 Å². The summed E-state index contributed by atoms with van der Waals surface area (Å²) in [4.78, 5) is 12.0. The molecule has 0 aromatic carbocycles. The molecule has 1 aromatic heterocycles. The molecule has 0 fully saturated rings. The summed E-state index contributed by atoms with van der Waals surface area (Å²) >= 11 is 0. The first kappa shape index (κ1) is 18.9. The molecule has 0 saturated carbocycles. The standard InChI is InChI=1S/C14H25N3O2.ClH/c1-6-10-9(11(7-2)19-17-10)8-16-13(18)12(15)14(3,4)5;/h12H,6-8,15H2,1-5H3,(H,16,18);1H/t12-;/m1./s1. The van der Waals surface area contributed by atoms with Crippen LogP contribution in [0.1, 0.15) is 51.6 Å². The molecular weight excluding hydrogens is 278 g/mol. The maximum atomic E-state index is 12.0. The zero-order valence-corrected chi connectivity index (χ0v) is 13.8. The highest BCUT2D eigenvalue weighted by molar-refractivity contribution is 5.85. The number of hydrogen-bond donors (Lipinski definition) is 2. The van der Waals surface area contributed by atoms with Crippen LogP contribution in [0.25, 0.3) is 0 Å². The Morgan fingerprint density at radius 1 is 1.35 bits per heavy atom. The third-order valence-electron chi connectivity index (χ3n) is 3.26. The molecule has 0 aliphatic rings. The van der Waals surface area contributed by atoms with Crippen LogP contribution in [-0.2, 0) is 24.2 Å². The molecule has 3 N–H and O–H groups in total. The first-order valence-electron chi connectivity index (χ1n) is 6.80. The van der Waals surface area contributed by atoms with Gasteiger partial charge in [0, 0.05) is 18.5 Å². The van der Waals surface area contributed by atoms with Crippen LogP contribution in [0.2, 0.25) is 0 Å². The van der Waals surface area contributed by atoms with Crippen molar-refractivity contribution < 1.29 is 9.32 Å². The maximum absolute atomic E-state index is 12.0. The summed E-state index contributed by atoms with van der Waals surface area (Å²) in [6, 6.07) is -0.525. The molecule has 1 aromatic rings. The Bertz CT molecular complexity index is 417. The lowest BCUT2D eigenvalue weighted by Crippen LogP contribution is -2.48. The predicted octanol–water partition coefficient (Wildman–Crippen LogP) is 2.21. The van der Waals surface area contributed by atoms with Gasteiger partial charge in [0.15, 0.2) is 0 Å². The van der Waals surface area contributed by atoms with Crippen molar-refractivity contribution in [3.63, 3.8) is 0 Å². The Morgan fingerprint density at radius 3 is 2.40 bits per heavy atom. The summed E-state index contributed by atoms with van der Waals surface area (Å²) in [5.74, 6) is 0.694. The highest BCUT2D eigenvalue weighted by atomic mass is 35.5. The van der Waals surface area contributed by atoms with E-state index in [2.05, 4.69) is 10.5 Å². The van der Waals surface area contributed by atoms with E-state index in [4.69, 9.17) is 10.3 Å². The first-order chi connectivity index (χ1) is 8.81. The Labute approximate surface area is 127 Å². The van der Waals surface area contributed by atoms with Crippen molar-refractivity contribution in [1.29, 1.82) is 0 Å². The van der Waals surface area contributed by atoms with E-state index in [0.29, 0.717) is 6.54 Å². The van der Waals surface area contributed by atoms with Crippen LogP contribution in [0.3, 0.4) is 0 Å². The number of carbonyl (C=O) groups is 1. The van der Waals surface area contributed by atoms with Crippen molar-refractivity contribution in [2.24, 2.45) is 11.1 Å². The SMILES string of the molecule is CCc1noc(CC)c1CNC(=O)[C@@H](N)C(C)(C)C.Cl. The zero-order valence-electron chi connectivity index (χ0n) is 12.9. The highest BCUT2D eigenvalue weighted by Gasteiger charge is 2.27. The molecule has 0 spiro atoms. The van der Waals surface area contributed by atoms with Crippen LogP contribution < -0.4 is 11.1 Å². The van der Waals surface area contributed by atoms with E-state index in [9.17, 15) is 4.79 Å². The average Bonchev–Trinajstić information content (AvgIpc) is 2.75. The smallest absolute Gasteiger partial charge is 0.237 e. The summed E-state index contributed by atoms with van der Waals surface area (Å²) in [6.07, 6.45) is 1.56. The van der Waals surface area contributed by atoms with E-state index >= 15 is 0 Å². The van der Waals surface area contributed by atoms with Gasteiger partial charge in [-0.1, -0.05) is 39.8 Å². The monoisotopic (exact) mass is 303 g/mol. The van der Waals surface area contributed by atoms with E-state index in [-0.39, 0.29) is 23.7 Å². The van der Waals surface area contributed by atoms with E-state index < -0.39 is 6.04 Å². The third kappa shape index (κ3) is 4.49. The van der Waals surface area contributed by atoms with Gasteiger partial charge >= 0.3 is 0 Å². The molecule has 20 heavy (non-hydrogen) atoms. The number of nitrogens with two attached hydrogens (primary N) is 1. The molecule has 0 unspecified atom stereocenters. The molecule has 1 amide bonds. The summed E-state index contributed by atoms with van der Waals surface area (Å²) < 4.78 is 5.26. The summed E-state index contributed by atoms with van der Waals surface area (Å²) in [6.45, 7) is 10.3. The van der Waals surface area contributed by atoms with Gasteiger partial charge in [-0.05, 0) is 11.8 Å². The lowest BCUT2D eigenvalue weighted by Gasteiger charge is -2.25. The number of aryl methyl sites for hydroxylation is 2. The number of hydrogen-bond acceptors (Lipinski definition) is 4. The summed E-state index contributed by atoms with van der Waals surface area (Å²) in [5.41, 5.74) is 7.56. The summed E-state index contributed by atoms with van der Waals surface area (Å²) in [5, 5.41) is 6.90. The van der Waals surface area contributed by atoms with Gasteiger partial charge < -0.3 is 15.6 Å². The van der Waals surface area contributed by atoms with E-state index in [1.807, 2.05) is 34.6 Å². The predicted molar refractivity (Wildman–Crippen MR) is 81.8 cm³/mol. The fourth-order valence-corrected chi connectivity index (χ4v) is 1.82. The average molecular weight is 304 g/mol. The lowest BCUT2D eigenvalue weighted by molar-refractivity contribution is -0.124. The second-order valence-corrected chi connectivity index (χ2v) is 5.80. The van der Waals surface area contributed by atoms with Crippen LogP contribution >= 0.6 is 12.4 Å². The minimum atomic E-state index is -0.525. The molecule has 1 rings (SSSR count). The molecule has 1 atom stereocenters. The van der Waals surface area contributed by atoms with Gasteiger partial charge in [-0.2, -0.15) is 0 Å². The first-order valence-corrected chi connectivity index (χ1v) is 6.80. The zero-order chi connectivity index (χ0) is 14.6. The van der Waals surface area contributed by atoms with Crippen molar-refractivity contribution >= 4 is 18.3 Å². The number of aromatic nitrogens is 1. The van der Waals surface area contributed by atoms with Gasteiger partial charge in [-0.15, -0.1) is 12.4 Å². The van der Waals surface area contributed by atoms with Crippen molar-refractivity contribution in [3.05, 3.63) is 17.0 Å². The molecule has 0 radical (unpaired) electrons. The van der Waals surface area contributed by atoms with Crippen LogP contribution in [0.5, 0.6) is 0 Å². The maximum Gasteiger partial charge on any atom is 0.237 e. The van der Waals surface area contributed by atoms with Crippen molar-refractivity contribution in [3.8, 4) is 0 Å². The molecule has 116 valence electrons. The molecule has 0 aliphatic carbocycles. The molecular formula is C14H26ClN3O2. The van der Waals surface area contributed by atoms with Gasteiger partial charge in [0.25, 0.3) is 0 Å². The molecule has 0 saturated heterocycles. The Balaban J connectivity index is 0.00000361. The van der Waals surface area contributed by atoms with E-state index in [0.717, 1.165) is 29.9 Å². The molecule has 5 nitrogen and oxygen atoms in total. The largest absolute Gasteiger partial charge is 0.361 e. The van der Waals surface area contributed by atoms with E-state index in [1.165, 1.54) is 0 Å². The molecule has 1 heterocycles. The fraction of sp³-hybridized carbons (Fsp3) is 0.714. The number of nitrogens with one attached hydrogen (secondary N) is 1. The normalized spacial score (nSPS) is 12.7. The number of amides is 1. The van der Waals surface area contributed by atoms with Crippen LogP contribution in [0.15, 0.2) is 4.52 Å². The van der Waals surface area contributed by atoms with Crippen molar-refractivity contribution in [2.75, 3.05) is 0 Å². The Morgan fingerprint density at radius 2 is 1.95 bits per heavy atom. The second-order valence-electron chi connectivity index (χ2n) is 5.80. The van der Waals surface area contributed by atoms with Gasteiger partial charge in [0.2, 0.25) is 5.91 Å². The second kappa shape index (κ2) is 7.64. The van der Waals surface area contributed by atoms with E-state index in [1.54, 1.807) is 0 Å². The topological polar surface area (TPSA) is 81.2 Å². The number of nitrogens with zero attached hydrogens (tertiary/aromatic N) is 1. The Kier molecular flexibility index (Phi) is 7.23. The third-order valence-corrected chi connectivity index (χ3v) is 3.26. The van der Waals surface area contributed by atoms with Gasteiger partial charge in [-0.25, -0.2) is 0 Å². The lowest BCUT2D eigenvalue weighted by atomic mass is 9.87. The van der Waals surface area contributed by atoms with Crippen molar-refractivity contribution in [1.82, 2.24) is 10.5 Å². The molecule has 6 heteroatoms. The number of halogens is 1. The van der Waals surface area contributed by atoms with Crippen LogP contribution in [-0.4, -0.2) is 17.1 Å². The minimum absolute atomic E-state index is 0. The molecule has 0 bridgehead atoms. The quantitative estimate of drug-likeness (QED) is 0.874. The number of rotatable bonds is 5. The fourth-order valence-electron chi connectivity index (χ4n) is 1.82. The van der Waals surface area contributed by atoms with Crippen LogP contribution in [0, 0.1) is 5.41 Å². The van der Waals surface area contributed by atoms with Gasteiger partial charge in [-0.3, -0.25) is 4.79 Å². The minimum Gasteiger partial charge on any atom is -0.361 e. The van der Waals surface area contributed by atoms with Crippen molar-refractivity contribution in [2.45, 2.75) is 60.0 Å². The highest BCUT2D eigenvalue weighted by Crippen LogP contribution is 2.18. The number of carbonyl (C=O) groups excluding carboxylic acids is 1.